The molecule has 4 rings (SSSR count). The van der Waals surface area contributed by atoms with Crippen LogP contribution in [0.25, 0.3) is 10.9 Å². The number of anilines is 2. The van der Waals surface area contributed by atoms with Crippen molar-refractivity contribution in [1.82, 2.24) is 9.88 Å². The number of halogens is 1. The summed E-state index contributed by atoms with van der Waals surface area (Å²) in [4.78, 5) is 20.9. The van der Waals surface area contributed by atoms with E-state index in [1.165, 1.54) is 12.1 Å². The Kier molecular flexibility index (Phi) is 4.39. The highest BCUT2D eigenvalue weighted by Crippen LogP contribution is 2.22. The number of pyridine rings is 1. The van der Waals surface area contributed by atoms with Crippen LogP contribution in [0.4, 0.5) is 20.6 Å². The first-order valence-electron chi connectivity index (χ1n) is 8.61. The summed E-state index contributed by atoms with van der Waals surface area (Å²) >= 11 is 0. The number of amides is 2. The van der Waals surface area contributed by atoms with Gasteiger partial charge in [-0.05, 0) is 36.4 Å². The Morgan fingerprint density at radius 1 is 0.962 bits per heavy atom. The molecule has 6 heteroatoms. The average molecular weight is 350 g/mol. The van der Waals surface area contributed by atoms with E-state index in [9.17, 15) is 9.18 Å². The van der Waals surface area contributed by atoms with Gasteiger partial charge >= 0.3 is 6.03 Å². The number of carbonyl (C=O) groups is 1. The lowest BCUT2D eigenvalue weighted by molar-refractivity contribution is 0.208. The molecule has 2 heterocycles. The van der Waals surface area contributed by atoms with Crippen LogP contribution in [-0.2, 0) is 0 Å². The van der Waals surface area contributed by atoms with E-state index in [1.807, 2.05) is 30.3 Å². The molecule has 0 radical (unpaired) electrons. The third kappa shape index (κ3) is 3.31. The first-order chi connectivity index (χ1) is 12.7. The van der Waals surface area contributed by atoms with Crippen molar-refractivity contribution in [3.05, 3.63) is 66.6 Å². The van der Waals surface area contributed by atoms with Crippen molar-refractivity contribution < 1.29 is 9.18 Å². The fraction of sp³-hybridized carbons (Fsp3) is 0.200. The largest absolute Gasteiger partial charge is 0.368 e. The highest BCUT2D eigenvalue weighted by molar-refractivity contribution is 5.99. The van der Waals surface area contributed by atoms with Crippen molar-refractivity contribution >= 4 is 28.3 Å². The van der Waals surface area contributed by atoms with Crippen LogP contribution in [0.1, 0.15) is 0 Å². The fourth-order valence-corrected chi connectivity index (χ4v) is 3.22. The van der Waals surface area contributed by atoms with Gasteiger partial charge in [0.2, 0.25) is 0 Å². The number of nitrogens with one attached hydrogen (secondary N) is 1. The number of nitrogens with zero attached hydrogens (tertiary/aromatic N) is 3. The molecule has 5 nitrogen and oxygen atoms in total. The van der Waals surface area contributed by atoms with Crippen molar-refractivity contribution in [1.29, 1.82) is 0 Å². The average Bonchev–Trinajstić information content (AvgIpc) is 2.69. The van der Waals surface area contributed by atoms with Crippen LogP contribution in [-0.4, -0.2) is 42.1 Å². The smallest absolute Gasteiger partial charge is 0.322 e. The molecule has 1 fully saturated rings. The summed E-state index contributed by atoms with van der Waals surface area (Å²) < 4.78 is 13.1. The Labute approximate surface area is 151 Å². The predicted molar refractivity (Wildman–Crippen MR) is 101 cm³/mol. The van der Waals surface area contributed by atoms with E-state index >= 15 is 0 Å². The monoisotopic (exact) mass is 350 g/mol. The highest BCUT2D eigenvalue weighted by atomic mass is 19.1. The Hall–Kier alpha value is -3.15. The number of fused-ring (bicyclic) bond motifs is 1. The minimum absolute atomic E-state index is 0.123. The van der Waals surface area contributed by atoms with Gasteiger partial charge in [-0.25, -0.2) is 9.18 Å². The SMILES string of the molecule is O=C(Nc1cccc2cccnc12)N1CCN(c2ccc(F)cc2)CC1. The molecule has 2 aromatic carbocycles. The molecule has 2 amide bonds. The van der Waals surface area contributed by atoms with Gasteiger partial charge < -0.3 is 15.1 Å². The molecule has 0 spiro atoms. The van der Waals surface area contributed by atoms with Crippen LogP contribution in [0.5, 0.6) is 0 Å². The van der Waals surface area contributed by atoms with E-state index in [0.29, 0.717) is 31.9 Å². The Morgan fingerprint density at radius 2 is 1.69 bits per heavy atom. The summed E-state index contributed by atoms with van der Waals surface area (Å²) in [6.07, 6.45) is 1.72. The number of para-hydroxylation sites is 1. The number of carbonyl (C=O) groups excluding carboxylic acids is 1. The summed E-state index contributed by atoms with van der Waals surface area (Å²) in [6, 6.07) is 15.9. The predicted octanol–water partition coefficient (Wildman–Crippen LogP) is 3.73. The normalized spacial score (nSPS) is 14.5. The second-order valence-electron chi connectivity index (χ2n) is 6.26. The van der Waals surface area contributed by atoms with Crippen molar-refractivity contribution in [2.75, 3.05) is 36.4 Å². The van der Waals surface area contributed by atoms with Crippen LogP contribution < -0.4 is 10.2 Å². The maximum Gasteiger partial charge on any atom is 0.322 e. The van der Waals surface area contributed by atoms with E-state index in [0.717, 1.165) is 16.6 Å². The molecule has 3 aromatic rings. The molecular weight excluding hydrogens is 331 g/mol. The molecule has 26 heavy (non-hydrogen) atoms. The van der Waals surface area contributed by atoms with Crippen molar-refractivity contribution in [2.45, 2.75) is 0 Å². The third-order valence-electron chi connectivity index (χ3n) is 4.63. The quantitative estimate of drug-likeness (QED) is 0.766. The lowest BCUT2D eigenvalue weighted by Gasteiger charge is -2.36. The molecule has 0 atom stereocenters. The number of aromatic nitrogens is 1. The molecule has 132 valence electrons. The van der Waals surface area contributed by atoms with Crippen molar-refractivity contribution in [3.63, 3.8) is 0 Å². The van der Waals surface area contributed by atoms with Crippen molar-refractivity contribution in [2.24, 2.45) is 0 Å². The van der Waals surface area contributed by atoms with Gasteiger partial charge in [0.05, 0.1) is 11.2 Å². The first-order valence-corrected chi connectivity index (χ1v) is 8.61. The zero-order valence-electron chi connectivity index (χ0n) is 14.2. The second-order valence-corrected chi connectivity index (χ2v) is 6.26. The number of rotatable bonds is 2. The zero-order chi connectivity index (χ0) is 17.9. The lowest BCUT2D eigenvalue weighted by Crippen LogP contribution is -2.50. The third-order valence-corrected chi connectivity index (χ3v) is 4.63. The topological polar surface area (TPSA) is 48.5 Å². The van der Waals surface area contributed by atoms with Crippen LogP contribution in [0, 0.1) is 5.82 Å². The van der Waals surface area contributed by atoms with E-state index in [2.05, 4.69) is 15.2 Å². The molecular formula is C20H19FN4O. The van der Waals surface area contributed by atoms with Gasteiger partial charge in [-0.3, -0.25) is 4.98 Å². The lowest BCUT2D eigenvalue weighted by atomic mass is 10.2. The number of urea groups is 1. The summed E-state index contributed by atoms with van der Waals surface area (Å²) in [5.74, 6) is -0.240. The van der Waals surface area contributed by atoms with Gasteiger partial charge in [0, 0.05) is 43.4 Å². The molecule has 0 aliphatic carbocycles. The number of hydrogen-bond donors (Lipinski definition) is 1. The summed E-state index contributed by atoms with van der Waals surface area (Å²) in [6.45, 7) is 2.66. The van der Waals surface area contributed by atoms with Gasteiger partial charge in [0.15, 0.2) is 0 Å². The summed E-state index contributed by atoms with van der Waals surface area (Å²) in [5, 5.41) is 3.97. The van der Waals surface area contributed by atoms with E-state index in [1.54, 1.807) is 23.2 Å². The molecule has 1 aliphatic heterocycles. The molecule has 0 saturated carbocycles. The van der Waals surface area contributed by atoms with Gasteiger partial charge in [0.1, 0.15) is 5.82 Å². The highest BCUT2D eigenvalue weighted by Gasteiger charge is 2.21. The first kappa shape index (κ1) is 16.3. The van der Waals surface area contributed by atoms with Crippen LogP contribution in [0.3, 0.4) is 0 Å². The maximum atomic E-state index is 13.1. The van der Waals surface area contributed by atoms with Crippen LogP contribution in [0.2, 0.25) is 0 Å². The fourth-order valence-electron chi connectivity index (χ4n) is 3.22. The van der Waals surface area contributed by atoms with Gasteiger partial charge in [-0.1, -0.05) is 18.2 Å². The van der Waals surface area contributed by atoms with E-state index < -0.39 is 0 Å². The van der Waals surface area contributed by atoms with Crippen LogP contribution in [0.15, 0.2) is 60.8 Å². The molecule has 0 unspecified atom stereocenters. The van der Waals surface area contributed by atoms with Gasteiger partial charge in [-0.2, -0.15) is 0 Å². The maximum absolute atomic E-state index is 13.1. The van der Waals surface area contributed by atoms with E-state index in [4.69, 9.17) is 0 Å². The molecule has 0 bridgehead atoms. The van der Waals surface area contributed by atoms with Gasteiger partial charge in [0.25, 0.3) is 0 Å². The minimum Gasteiger partial charge on any atom is -0.368 e. The second kappa shape index (κ2) is 7.00. The van der Waals surface area contributed by atoms with Crippen molar-refractivity contribution in [3.8, 4) is 0 Å². The molecule has 1 N–H and O–H groups in total. The van der Waals surface area contributed by atoms with E-state index in [-0.39, 0.29) is 11.8 Å². The number of hydrogen-bond acceptors (Lipinski definition) is 3. The number of benzene rings is 2. The standard InChI is InChI=1S/C20H19FN4O/c21-16-6-8-17(9-7-16)24-11-13-25(14-12-24)20(26)23-18-5-1-3-15-4-2-10-22-19(15)18/h1-10H,11-14H2,(H,23,26). The summed E-state index contributed by atoms with van der Waals surface area (Å²) in [7, 11) is 0. The Balaban J connectivity index is 1.41. The number of piperazine rings is 1. The molecule has 1 aliphatic rings. The Morgan fingerprint density at radius 3 is 2.46 bits per heavy atom. The molecule has 1 saturated heterocycles. The Bertz CT molecular complexity index is 915. The minimum atomic E-state index is -0.240. The zero-order valence-corrected chi connectivity index (χ0v) is 14.2. The molecule has 1 aromatic heterocycles. The summed E-state index contributed by atoms with van der Waals surface area (Å²) in [5.41, 5.74) is 2.48. The van der Waals surface area contributed by atoms with Crippen LogP contribution >= 0.6 is 0 Å². The van der Waals surface area contributed by atoms with Gasteiger partial charge in [-0.15, -0.1) is 0 Å².